The van der Waals surface area contributed by atoms with Gasteiger partial charge in [0.1, 0.15) is 0 Å². The van der Waals surface area contributed by atoms with Gasteiger partial charge in [0.05, 0.1) is 14.2 Å². The Labute approximate surface area is 137 Å². The van der Waals surface area contributed by atoms with E-state index in [-0.39, 0.29) is 5.91 Å². The van der Waals surface area contributed by atoms with Gasteiger partial charge in [-0.3, -0.25) is 4.79 Å². The van der Waals surface area contributed by atoms with E-state index in [2.05, 4.69) is 23.3 Å². The fraction of sp³-hybridized carbons (Fsp3) is 0.389. The highest BCUT2D eigenvalue weighted by molar-refractivity contribution is 5.95. The van der Waals surface area contributed by atoms with Gasteiger partial charge < -0.3 is 20.1 Å². The Balaban J connectivity index is 2.16. The molecule has 0 saturated heterocycles. The molecule has 0 spiro atoms. The summed E-state index contributed by atoms with van der Waals surface area (Å²) < 4.78 is 10.7. The van der Waals surface area contributed by atoms with Crippen LogP contribution in [0.2, 0.25) is 0 Å². The number of carbonyl (C=O) groups is 1. The molecule has 0 unspecified atom stereocenters. The van der Waals surface area contributed by atoms with Crippen LogP contribution in [0.4, 0.5) is 0 Å². The maximum absolute atomic E-state index is 12.4. The molecule has 1 aromatic carbocycles. The molecule has 1 amide bonds. The van der Waals surface area contributed by atoms with Crippen LogP contribution in [0.3, 0.4) is 0 Å². The minimum atomic E-state index is -0.115. The summed E-state index contributed by atoms with van der Waals surface area (Å²) >= 11 is 0. The van der Waals surface area contributed by atoms with E-state index in [0.717, 1.165) is 25.1 Å². The molecule has 23 heavy (non-hydrogen) atoms. The number of benzene rings is 1. The Hall–Kier alpha value is -2.27. The van der Waals surface area contributed by atoms with E-state index in [9.17, 15) is 4.79 Å². The molecule has 1 aliphatic rings. The number of methoxy groups -OCH3 is 2. The molecule has 0 fully saturated rings. The van der Waals surface area contributed by atoms with Gasteiger partial charge in [0, 0.05) is 24.2 Å². The quantitative estimate of drug-likeness (QED) is 0.756. The van der Waals surface area contributed by atoms with Crippen molar-refractivity contribution in [3.05, 3.63) is 47.6 Å². The van der Waals surface area contributed by atoms with Crippen LogP contribution in [-0.4, -0.2) is 39.8 Å². The van der Waals surface area contributed by atoms with Crippen LogP contribution in [0, 0.1) is 0 Å². The molecule has 0 aliphatic carbocycles. The van der Waals surface area contributed by atoms with Crippen LogP contribution in [0.5, 0.6) is 11.5 Å². The molecule has 1 aromatic rings. The zero-order valence-corrected chi connectivity index (χ0v) is 13.8. The van der Waals surface area contributed by atoms with Gasteiger partial charge >= 0.3 is 0 Å². The van der Waals surface area contributed by atoms with E-state index in [0.29, 0.717) is 30.0 Å². The van der Waals surface area contributed by atoms with Crippen molar-refractivity contribution in [1.82, 2.24) is 10.6 Å². The van der Waals surface area contributed by atoms with Crippen molar-refractivity contribution in [2.24, 2.45) is 0 Å². The monoisotopic (exact) mass is 316 g/mol. The van der Waals surface area contributed by atoms with Crippen molar-refractivity contribution in [1.29, 1.82) is 0 Å². The maximum Gasteiger partial charge on any atom is 0.251 e. The first-order valence-electron chi connectivity index (χ1n) is 7.72. The fourth-order valence-corrected chi connectivity index (χ4v) is 2.61. The number of carbonyl (C=O) groups excluding carboxylic acids is 1. The smallest absolute Gasteiger partial charge is 0.251 e. The Bertz CT molecular complexity index is 609. The normalized spacial score (nSPS) is 13.9. The molecule has 2 N–H and O–H groups in total. The molecule has 0 atom stereocenters. The van der Waals surface area contributed by atoms with Gasteiger partial charge in [0.15, 0.2) is 11.5 Å². The van der Waals surface area contributed by atoms with E-state index >= 15 is 0 Å². The van der Waals surface area contributed by atoms with Crippen LogP contribution in [0.1, 0.15) is 22.3 Å². The number of allylic oxidation sites excluding steroid dienone is 1. The van der Waals surface area contributed by atoms with Crippen LogP contribution < -0.4 is 20.1 Å². The number of rotatable bonds is 7. The molecule has 0 saturated carbocycles. The molecule has 124 valence electrons. The molecule has 0 bridgehead atoms. The van der Waals surface area contributed by atoms with Gasteiger partial charge in [0.25, 0.3) is 5.91 Å². The lowest BCUT2D eigenvalue weighted by molar-refractivity contribution is 0.0956. The highest BCUT2D eigenvalue weighted by Gasteiger charge is 2.16. The third-order valence-corrected chi connectivity index (χ3v) is 3.82. The average Bonchev–Trinajstić information content (AvgIpc) is 2.60. The highest BCUT2D eigenvalue weighted by atomic mass is 16.5. The lowest BCUT2D eigenvalue weighted by Gasteiger charge is -2.16. The van der Waals surface area contributed by atoms with Gasteiger partial charge in [-0.2, -0.15) is 0 Å². The predicted molar refractivity (Wildman–Crippen MR) is 91.3 cm³/mol. The third-order valence-electron chi connectivity index (χ3n) is 3.82. The summed E-state index contributed by atoms with van der Waals surface area (Å²) in [5.74, 6) is 1.08. The highest BCUT2D eigenvalue weighted by Crippen LogP contribution is 2.33. The van der Waals surface area contributed by atoms with Crippen LogP contribution in [-0.2, 0) is 6.42 Å². The second kappa shape index (κ2) is 8.39. The summed E-state index contributed by atoms with van der Waals surface area (Å²) in [6.45, 7) is 6.15. The number of ether oxygens (including phenoxy) is 2. The summed E-state index contributed by atoms with van der Waals surface area (Å²) in [5, 5.41) is 6.22. The maximum atomic E-state index is 12.4. The topological polar surface area (TPSA) is 59.6 Å². The van der Waals surface area contributed by atoms with Crippen molar-refractivity contribution < 1.29 is 14.3 Å². The van der Waals surface area contributed by atoms with Crippen molar-refractivity contribution in [2.45, 2.75) is 12.8 Å². The first-order chi connectivity index (χ1) is 11.2. The van der Waals surface area contributed by atoms with Gasteiger partial charge in [-0.1, -0.05) is 17.7 Å². The van der Waals surface area contributed by atoms with Gasteiger partial charge in [-0.25, -0.2) is 0 Å². The van der Waals surface area contributed by atoms with Crippen molar-refractivity contribution in [3.63, 3.8) is 0 Å². The van der Waals surface area contributed by atoms with E-state index in [1.807, 2.05) is 6.07 Å². The zero-order valence-electron chi connectivity index (χ0n) is 13.8. The Morgan fingerprint density at radius 3 is 2.83 bits per heavy atom. The molecule has 5 nitrogen and oxygen atoms in total. The number of hydrogen-bond donors (Lipinski definition) is 2. The molecular formula is C18H24N2O3. The number of amides is 1. The van der Waals surface area contributed by atoms with E-state index in [1.54, 1.807) is 26.4 Å². The Morgan fingerprint density at radius 1 is 1.39 bits per heavy atom. The molecule has 5 heteroatoms. The molecular weight excluding hydrogens is 292 g/mol. The summed E-state index contributed by atoms with van der Waals surface area (Å²) in [7, 11) is 3.16. The van der Waals surface area contributed by atoms with Crippen molar-refractivity contribution in [2.75, 3.05) is 33.9 Å². The molecule has 1 aliphatic heterocycles. The fourth-order valence-electron chi connectivity index (χ4n) is 2.61. The van der Waals surface area contributed by atoms with Gasteiger partial charge in [-0.05, 0) is 31.5 Å². The second-order valence-electron chi connectivity index (χ2n) is 5.36. The molecule has 0 radical (unpaired) electrons. The average molecular weight is 316 g/mol. The van der Waals surface area contributed by atoms with E-state index in [1.165, 1.54) is 5.57 Å². The minimum absolute atomic E-state index is 0.115. The minimum Gasteiger partial charge on any atom is -0.493 e. The van der Waals surface area contributed by atoms with Crippen molar-refractivity contribution in [3.8, 4) is 11.5 Å². The summed E-state index contributed by atoms with van der Waals surface area (Å²) in [5.41, 5.74) is 2.70. The van der Waals surface area contributed by atoms with Crippen LogP contribution >= 0.6 is 0 Å². The third kappa shape index (κ3) is 4.36. The van der Waals surface area contributed by atoms with Gasteiger partial charge in [0.2, 0.25) is 0 Å². The van der Waals surface area contributed by atoms with Crippen LogP contribution in [0.15, 0.2) is 36.4 Å². The second-order valence-corrected chi connectivity index (χ2v) is 5.36. The predicted octanol–water partition coefficient (Wildman–Crippen LogP) is 2.08. The van der Waals surface area contributed by atoms with E-state index < -0.39 is 0 Å². The lowest BCUT2D eigenvalue weighted by atomic mass is 10.0. The first kappa shape index (κ1) is 17.1. The summed E-state index contributed by atoms with van der Waals surface area (Å²) in [6.07, 6.45) is 5.48. The Kier molecular flexibility index (Phi) is 6.23. The van der Waals surface area contributed by atoms with Gasteiger partial charge in [-0.15, -0.1) is 6.58 Å². The number of nitrogens with one attached hydrogen (secondary N) is 2. The van der Waals surface area contributed by atoms with E-state index in [4.69, 9.17) is 9.47 Å². The van der Waals surface area contributed by atoms with Crippen LogP contribution in [0.25, 0.3) is 0 Å². The first-order valence-corrected chi connectivity index (χ1v) is 7.72. The molecule has 0 aromatic heterocycles. The standard InChI is InChI=1S/C18H24N2O3/c1-4-5-14-10-15(11-16(22-2)17(14)23-3)18(21)20-12-13-6-8-19-9-7-13/h4,6,10-11,19H,1,5,7-9,12H2,2-3H3,(H,20,21). The molecule has 1 heterocycles. The molecule has 2 rings (SSSR count). The zero-order chi connectivity index (χ0) is 16.7. The summed E-state index contributed by atoms with van der Waals surface area (Å²) in [4.78, 5) is 12.4. The van der Waals surface area contributed by atoms with Crippen molar-refractivity contribution >= 4 is 5.91 Å². The Morgan fingerprint density at radius 2 is 2.22 bits per heavy atom. The largest absolute Gasteiger partial charge is 0.493 e. The number of hydrogen-bond acceptors (Lipinski definition) is 4. The lowest BCUT2D eigenvalue weighted by Crippen LogP contribution is -2.29. The summed E-state index contributed by atoms with van der Waals surface area (Å²) in [6, 6.07) is 3.53. The SMILES string of the molecule is C=CCc1cc(C(=O)NCC2=CCNCC2)cc(OC)c1OC.